The fourth-order valence-electron chi connectivity index (χ4n) is 0. The minimum atomic E-state index is 0. The molecule has 0 aromatic carbocycles. The molecule has 4 heteroatoms. The van der Waals surface area contributed by atoms with Crippen molar-refractivity contribution in [1.29, 1.82) is 0 Å². The molecule has 4 heavy (non-hydrogen) atoms. The van der Waals surface area contributed by atoms with Gasteiger partial charge in [0.15, 0.2) is 0 Å². The highest BCUT2D eigenvalue weighted by Crippen LogP contribution is 2.08. The molecular weight excluding hydrogens is 135 g/mol. The maximum Gasteiger partial charge on any atom is 0.0523 e. The van der Waals surface area contributed by atoms with E-state index in [1.165, 1.54) is 0 Å². The summed E-state index contributed by atoms with van der Waals surface area (Å²) in [4.78, 5) is 0. The van der Waals surface area contributed by atoms with Gasteiger partial charge in [0.2, 0.25) is 0 Å². The van der Waals surface area contributed by atoms with Crippen molar-refractivity contribution in [3.05, 3.63) is 0 Å². The van der Waals surface area contributed by atoms with Gasteiger partial charge in [0.05, 0.1) is 10.2 Å². The van der Waals surface area contributed by atoms with E-state index >= 15 is 0 Å². The topological polar surface area (TPSA) is 0 Å². The Morgan fingerprint density at radius 1 is 1.25 bits per heavy atom. The Balaban J connectivity index is 0. The standard InChI is InChI=1S/Cl2S.S/c1-3-2;. The molecule has 2 radical (unpaired) electrons. The molecule has 0 amide bonds. The smallest absolute Gasteiger partial charge is 0.0261 e. The highest BCUT2D eigenvalue weighted by Gasteiger charge is 1.43. The van der Waals surface area contributed by atoms with Crippen LogP contribution in [0.2, 0.25) is 0 Å². The molecule has 0 bridgehead atoms. The van der Waals surface area contributed by atoms with Crippen LogP contribution < -0.4 is 0 Å². The van der Waals surface area contributed by atoms with Crippen molar-refractivity contribution < 1.29 is 0 Å². The zero-order valence-electron chi connectivity index (χ0n) is 1.57. The van der Waals surface area contributed by atoms with Gasteiger partial charge in [-0.2, -0.15) is 0 Å². The van der Waals surface area contributed by atoms with Crippen LogP contribution in [0.15, 0.2) is 0 Å². The van der Waals surface area contributed by atoms with Gasteiger partial charge in [-0.15, -0.1) is 0 Å². The minimum Gasteiger partial charge on any atom is -0.0261 e. The molecular formula is Cl2S2. The fraction of sp³-hybridized carbons (Fsp3) is 0. The maximum atomic E-state index is 4.68. The summed E-state index contributed by atoms with van der Waals surface area (Å²) in [5.41, 5.74) is 0. The summed E-state index contributed by atoms with van der Waals surface area (Å²) >= 11 is 0. The minimum absolute atomic E-state index is 0. The molecule has 0 heterocycles. The third kappa shape index (κ3) is 10.4. The van der Waals surface area contributed by atoms with Crippen molar-refractivity contribution in [2.45, 2.75) is 0 Å². The zero-order valence-corrected chi connectivity index (χ0v) is 4.72. The van der Waals surface area contributed by atoms with Crippen molar-refractivity contribution in [1.82, 2.24) is 0 Å². The molecule has 0 aromatic heterocycles. The Morgan fingerprint density at radius 2 is 1.25 bits per heavy atom. The quantitative estimate of drug-likeness (QED) is 0.492. The van der Waals surface area contributed by atoms with Crippen molar-refractivity contribution in [3.63, 3.8) is 0 Å². The van der Waals surface area contributed by atoms with Crippen LogP contribution in [0.4, 0.5) is 0 Å². The lowest BCUT2D eigenvalue weighted by atomic mass is 31.6. The van der Waals surface area contributed by atoms with Crippen LogP contribution in [0.25, 0.3) is 0 Å². The Hall–Kier alpha value is 1.28. The largest absolute Gasteiger partial charge is 0.0523 e. The average molecular weight is 135 g/mol. The van der Waals surface area contributed by atoms with E-state index in [0.717, 1.165) is 0 Å². The second-order valence-corrected chi connectivity index (χ2v) is 1.57. The lowest BCUT2D eigenvalue weighted by Crippen LogP contribution is -0.745. The first-order valence-electron chi connectivity index (χ1n) is 0.309. The van der Waals surface area contributed by atoms with Gasteiger partial charge in [-0.3, -0.25) is 0 Å². The van der Waals surface area contributed by atoms with E-state index in [2.05, 4.69) is 21.4 Å². The lowest BCUT2D eigenvalue weighted by Gasteiger charge is -1.40. The number of hydrogen-bond acceptors (Lipinski definition) is 1. The normalized spacial score (nSPS) is 4.50. The predicted molar refractivity (Wildman–Crippen MR) is 26.9 cm³/mol. The first-order chi connectivity index (χ1) is 1.41. The van der Waals surface area contributed by atoms with E-state index in [1.54, 1.807) is 0 Å². The molecule has 0 saturated carbocycles. The summed E-state index contributed by atoms with van der Waals surface area (Å²) in [7, 11) is 10.1. The number of halogens is 2. The second kappa shape index (κ2) is 8.86. The third-order valence-electron chi connectivity index (χ3n) is 0. The van der Waals surface area contributed by atoms with E-state index < -0.39 is 0 Å². The Kier molecular flexibility index (Phi) is 19.9. The van der Waals surface area contributed by atoms with Crippen molar-refractivity contribution in [2.24, 2.45) is 0 Å². The van der Waals surface area contributed by atoms with E-state index in [0.29, 0.717) is 10.2 Å². The first kappa shape index (κ1) is 8.99. The molecule has 0 fully saturated rings. The van der Waals surface area contributed by atoms with Crippen molar-refractivity contribution >= 4 is 45.0 Å². The summed E-state index contributed by atoms with van der Waals surface area (Å²) in [5, 5.41) is 0. The number of rotatable bonds is 0. The van der Waals surface area contributed by atoms with Crippen LogP contribution >= 0.6 is 45.0 Å². The van der Waals surface area contributed by atoms with Crippen molar-refractivity contribution in [3.8, 4) is 0 Å². The fourth-order valence-corrected chi connectivity index (χ4v) is 0. The highest BCUT2D eigenvalue weighted by atomic mass is 36.0. The van der Waals surface area contributed by atoms with Gasteiger partial charge in [0.1, 0.15) is 0 Å². The molecule has 0 aliphatic heterocycles. The molecule has 26 valence electrons. The predicted octanol–water partition coefficient (Wildman–Crippen LogP) is 2.68. The van der Waals surface area contributed by atoms with Gasteiger partial charge < -0.3 is 0 Å². The van der Waals surface area contributed by atoms with Gasteiger partial charge in [-0.25, -0.2) is 0 Å². The molecule has 0 saturated heterocycles. The van der Waals surface area contributed by atoms with E-state index in [-0.39, 0.29) is 13.5 Å². The molecule has 0 N–H and O–H groups in total. The van der Waals surface area contributed by atoms with E-state index in [9.17, 15) is 0 Å². The molecule has 0 atom stereocenters. The maximum absolute atomic E-state index is 4.68. The molecule has 0 nitrogen and oxygen atoms in total. The number of hydrogen-bond donors (Lipinski definition) is 0. The Bertz CT molecular complexity index is 4.00. The van der Waals surface area contributed by atoms with E-state index in [1.807, 2.05) is 0 Å². The lowest BCUT2D eigenvalue weighted by molar-refractivity contribution is 5.06. The molecule has 0 aliphatic carbocycles. The van der Waals surface area contributed by atoms with E-state index in [4.69, 9.17) is 0 Å². The van der Waals surface area contributed by atoms with Gasteiger partial charge in [0.25, 0.3) is 0 Å². The SMILES string of the molecule is ClSCl.[S]. The molecule has 0 aromatic rings. The van der Waals surface area contributed by atoms with Gasteiger partial charge in [0, 0.05) is 13.5 Å². The Morgan fingerprint density at radius 3 is 1.25 bits per heavy atom. The summed E-state index contributed by atoms with van der Waals surface area (Å²) < 4.78 is 0. The summed E-state index contributed by atoms with van der Waals surface area (Å²) in [6.45, 7) is 0. The summed E-state index contributed by atoms with van der Waals surface area (Å²) in [6.07, 6.45) is 0. The van der Waals surface area contributed by atoms with Crippen LogP contribution in [0.5, 0.6) is 0 Å². The van der Waals surface area contributed by atoms with Gasteiger partial charge in [-0.1, -0.05) is 0 Å². The van der Waals surface area contributed by atoms with Crippen molar-refractivity contribution in [2.75, 3.05) is 0 Å². The summed E-state index contributed by atoms with van der Waals surface area (Å²) in [6, 6.07) is 0. The molecule has 0 unspecified atom stereocenters. The van der Waals surface area contributed by atoms with Crippen LogP contribution in [0, 0.1) is 0 Å². The summed E-state index contributed by atoms with van der Waals surface area (Å²) in [5.74, 6) is 0. The highest BCUT2D eigenvalue weighted by molar-refractivity contribution is 8.38. The molecule has 0 rings (SSSR count). The van der Waals surface area contributed by atoms with Crippen LogP contribution in [-0.2, 0) is 0 Å². The Labute approximate surface area is 45.3 Å². The third-order valence-corrected chi connectivity index (χ3v) is 0. The van der Waals surface area contributed by atoms with Crippen LogP contribution in [0.3, 0.4) is 0 Å². The monoisotopic (exact) mass is 134 g/mol. The van der Waals surface area contributed by atoms with Crippen LogP contribution in [0.1, 0.15) is 0 Å². The second-order valence-electron chi connectivity index (χ2n) is 0.0583. The van der Waals surface area contributed by atoms with Gasteiger partial charge >= 0.3 is 0 Å². The molecule has 0 spiro atoms. The zero-order chi connectivity index (χ0) is 2.71. The van der Waals surface area contributed by atoms with Crippen LogP contribution in [-0.4, -0.2) is 0 Å². The van der Waals surface area contributed by atoms with Gasteiger partial charge in [-0.05, 0) is 21.4 Å². The molecule has 0 aliphatic rings. The first-order valence-corrected chi connectivity index (χ1v) is 2.78. The average Bonchev–Trinajstić information content (AvgIpc) is 0.918.